The summed E-state index contributed by atoms with van der Waals surface area (Å²) in [6, 6.07) is 7.63. The summed E-state index contributed by atoms with van der Waals surface area (Å²) in [4.78, 5) is 16.5. The molecule has 1 aromatic rings. The first-order chi connectivity index (χ1) is 11.8. The number of para-hydroxylation sites is 2. The second kappa shape index (κ2) is 6.81. The monoisotopic (exact) mass is 368 g/mol. The Morgan fingerprint density at radius 2 is 1.80 bits per heavy atom. The summed E-state index contributed by atoms with van der Waals surface area (Å²) in [7, 11) is 1.52. The fraction of sp³-hybridized carbons (Fsp3) is 0.562. The molecule has 25 heavy (non-hydrogen) atoms. The maximum Gasteiger partial charge on any atom is 0.281 e. The number of nitrogens with zero attached hydrogens (tertiary/aromatic N) is 4. The maximum atomic E-state index is 12.8. The topological polar surface area (TPSA) is 73.4 Å². The Morgan fingerprint density at radius 1 is 1.16 bits per heavy atom. The van der Waals surface area contributed by atoms with Crippen LogP contribution in [0.1, 0.15) is 0 Å². The van der Waals surface area contributed by atoms with E-state index in [0.29, 0.717) is 38.5 Å². The Balaban J connectivity index is 1.64. The molecule has 3 rings (SSSR count). The van der Waals surface area contributed by atoms with Crippen LogP contribution in [0.4, 0.5) is 5.69 Å². The van der Waals surface area contributed by atoms with Gasteiger partial charge in [0.2, 0.25) is 0 Å². The molecular formula is C16H24N4O4S. The highest BCUT2D eigenvalue weighted by molar-refractivity contribution is 7.86. The van der Waals surface area contributed by atoms with Gasteiger partial charge in [-0.15, -0.1) is 0 Å². The normalized spacial score (nSPS) is 21.8. The van der Waals surface area contributed by atoms with Crippen LogP contribution < -0.4 is 9.64 Å². The molecule has 1 saturated heterocycles. The Kier molecular flexibility index (Phi) is 4.90. The van der Waals surface area contributed by atoms with Crippen molar-refractivity contribution >= 4 is 21.8 Å². The first-order valence-corrected chi connectivity index (χ1v) is 9.63. The molecule has 0 aromatic heterocycles. The highest BCUT2D eigenvalue weighted by Crippen LogP contribution is 2.32. The summed E-state index contributed by atoms with van der Waals surface area (Å²) in [6.07, 6.45) is -0.572. The van der Waals surface area contributed by atoms with E-state index in [1.165, 1.54) is 22.7 Å². The minimum absolute atomic E-state index is 0.0942. The zero-order valence-electron chi connectivity index (χ0n) is 14.8. The molecule has 138 valence electrons. The van der Waals surface area contributed by atoms with Crippen LogP contribution in [0.2, 0.25) is 0 Å². The summed E-state index contributed by atoms with van der Waals surface area (Å²) in [5, 5.41) is 0. The van der Waals surface area contributed by atoms with Crippen LogP contribution in [-0.4, -0.2) is 87.8 Å². The molecule has 2 heterocycles. The Morgan fingerprint density at radius 3 is 2.44 bits per heavy atom. The number of anilines is 1. The number of hydrogen-bond acceptors (Lipinski definition) is 5. The van der Waals surface area contributed by atoms with Crippen molar-refractivity contribution in [3.05, 3.63) is 24.3 Å². The average molecular weight is 368 g/mol. The van der Waals surface area contributed by atoms with Gasteiger partial charge in [-0.2, -0.15) is 17.0 Å². The molecular weight excluding hydrogens is 344 g/mol. The van der Waals surface area contributed by atoms with Crippen LogP contribution in [0.5, 0.6) is 5.75 Å². The summed E-state index contributed by atoms with van der Waals surface area (Å²) < 4.78 is 32.8. The van der Waals surface area contributed by atoms with Gasteiger partial charge in [0.15, 0.2) is 6.10 Å². The van der Waals surface area contributed by atoms with Gasteiger partial charge in [-0.3, -0.25) is 4.79 Å². The molecule has 0 radical (unpaired) electrons. The molecule has 0 aliphatic carbocycles. The van der Waals surface area contributed by atoms with E-state index < -0.39 is 16.3 Å². The van der Waals surface area contributed by atoms with E-state index in [9.17, 15) is 13.2 Å². The van der Waals surface area contributed by atoms with Crippen LogP contribution in [0, 0.1) is 0 Å². The fourth-order valence-corrected chi connectivity index (χ4v) is 4.20. The van der Waals surface area contributed by atoms with Crippen molar-refractivity contribution < 1.29 is 17.9 Å². The Labute approximate surface area is 148 Å². The van der Waals surface area contributed by atoms with E-state index >= 15 is 0 Å². The number of hydrogen-bond donors (Lipinski definition) is 0. The SMILES string of the molecule is CN1C[C@@H](C(=O)N2CCN(S(=O)(=O)N(C)C)CC2)Oc2ccccc21. The number of benzene rings is 1. The van der Waals surface area contributed by atoms with Gasteiger partial charge in [0, 0.05) is 47.3 Å². The van der Waals surface area contributed by atoms with Gasteiger partial charge in [0.1, 0.15) is 5.75 Å². The smallest absolute Gasteiger partial charge is 0.281 e. The third-order valence-electron chi connectivity index (χ3n) is 4.60. The number of amides is 1. The van der Waals surface area contributed by atoms with Gasteiger partial charge in [0.25, 0.3) is 16.1 Å². The number of carbonyl (C=O) groups is 1. The lowest BCUT2D eigenvalue weighted by atomic mass is 10.1. The van der Waals surface area contributed by atoms with E-state index in [-0.39, 0.29) is 5.91 Å². The molecule has 0 spiro atoms. The minimum atomic E-state index is -3.43. The molecule has 0 unspecified atom stereocenters. The lowest BCUT2D eigenvalue weighted by Crippen LogP contribution is -2.57. The van der Waals surface area contributed by atoms with Crippen LogP contribution >= 0.6 is 0 Å². The second-order valence-electron chi connectivity index (χ2n) is 6.47. The van der Waals surface area contributed by atoms with Crippen molar-refractivity contribution in [1.82, 2.24) is 13.5 Å². The first kappa shape index (κ1) is 18.0. The van der Waals surface area contributed by atoms with Gasteiger partial charge in [-0.25, -0.2) is 0 Å². The van der Waals surface area contributed by atoms with Crippen LogP contribution in [0.15, 0.2) is 24.3 Å². The Bertz CT molecular complexity index is 744. The number of carbonyl (C=O) groups excluding carboxylic acids is 1. The molecule has 1 aromatic carbocycles. The molecule has 1 atom stereocenters. The van der Waals surface area contributed by atoms with Gasteiger partial charge in [-0.05, 0) is 12.1 Å². The van der Waals surface area contributed by atoms with Crippen molar-refractivity contribution in [2.24, 2.45) is 0 Å². The summed E-state index contributed by atoms with van der Waals surface area (Å²) in [5.74, 6) is 0.603. The standard InChI is InChI=1S/C16H24N4O4S/c1-17(2)25(22,23)20-10-8-19(9-11-20)16(21)15-12-18(3)13-6-4-5-7-14(13)24-15/h4-7,15H,8-12H2,1-3H3/t15-/m0/s1. The molecule has 1 amide bonds. The quantitative estimate of drug-likeness (QED) is 0.741. The lowest BCUT2D eigenvalue weighted by Gasteiger charge is -2.39. The van der Waals surface area contributed by atoms with E-state index in [4.69, 9.17) is 4.74 Å². The molecule has 8 nitrogen and oxygen atoms in total. The van der Waals surface area contributed by atoms with Gasteiger partial charge < -0.3 is 14.5 Å². The van der Waals surface area contributed by atoms with Crippen molar-refractivity contribution in [2.45, 2.75) is 6.10 Å². The minimum Gasteiger partial charge on any atom is -0.477 e. The molecule has 1 fully saturated rings. The van der Waals surface area contributed by atoms with E-state index in [1.807, 2.05) is 36.2 Å². The molecule has 0 bridgehead atoms. The summed E-state index contributed by atoms with van der Waals surface area (Å²) >= 11 is 0. The number of likely N-dealkylation sites (N-methyl/N-ethyl adjacent to an activating group) is 1. The zero-order valence-corrected chi connectivity index (χ0v) is 15.6. The van der Waals surface area contributed by atoms with Crippen LogP contribution in [-0.2, 0) is 15.0 Å². The third-order valence-corrected chi connectivity index (χ3v) is 6.54. The molecule has 0 N–H and O–H groups in total. The van der Waals surface area contributed by atoms with Crippen molar-refractivity contribution in [1.29, 1.82) is 0 Å². The number of ether oxygens (including phenoxy) is 1. The van der Waals surface area contributed by atoms with Crippen molar-refractivity contribution in [3.63, 3.8) is 0 Å². The van der Waals surface area contributed by atoms with E-state index in [2.05, 4.69) is 0 Å². The highest BCUT2D eigenvalue weighted by Gasteiger charge is 2.35. The highest BCUT2D eigenvalue weighted by atomic mass is 32.2. The first-order valence-electron chi connectivity index (χ1n) is 8.24. The average Bonchev–Trinajstić information content (AvgIpc) is 2.61. The van der Waals surface area contributed by atoms with Gasteiger partial charge in [-0.1, -0.05) is 12.1 Å². The largest absolute Gasteiger partial charge is 0.477 e. The molecule has 2 aliphatic rings. The zero-order chi connectivity index (χ0) is 18.2. The number of fused-ring (bicyclic) bond motifs is 1. The van der Waals surface area contributed by atoms with E-state index in [0.717, 1.165) is 5.69 Å². The van der Waals surface area contributed by atoms with Gasteiger partial charge >= 0.3 is 0 Å². The fourth-order valence-electron chi connectivity index (χ4n) is 3.11. The van der Waals surface area contributed by atoms with Crippen LogP contribution in [0.25, 0.3) is 0 Å². The predicted molar refractivity (Wildman–Crippen MR) is 94.9 cm³/mol. The second-order valence-corrected chi connectivity index (χ2v) is 8.61. The Hall–Kier alpha value is -1.84. The van der Waals surface area contributed by atoms with Gasteiger partial charge in [0.05, 0.1) is 12.2 Å². The lowest BCUT2D eigenvalue weighted by molar-refractivity contribution is -0.139. The predicted octanol–water partition coefficient (Wildman–Crippen LogP) is -0.166. The van der Waals surface area contributed by atoms with Crippen LogP contribution in [0.3, 0.4) is 0 Å². The molecule has 2 aliphatic heterocycles. The summed E-state index contributed by atoms with van der Waals surface area (Å²) in [6.45, 7) is 1.82. The summed E-state index contributed by atoms with van der Waals surface area (Å²) in [5.41, 5.74) is 0.966. The third kappa shape index (κ3) is 3.44. The maximum absolute atomic E-state index is 12.8. The molecule has 0 saturated carbocycles. The number of piperazine rings is 1. The van der Waals surface area contributed by atoms with Crippen molar-refractivity contribution in [2.75, 3.05) is 58.8 Å². The number of rotatable bonds is 3. The van der Waals surface area contributed by atoms with Crippen molar-refractivity contribution in [3.8, 4) is 5.75 Å². The van der Waals surface area contributed by atoms with E-state index in [1.54, 1.807) is 4.90 Å². The molecule has 9 heteroatoms.